The van der Waals surface area contributed by atoms with E-state index in [4.69, 9.17) is 0 Å². The Balaban J connectivity index is 1.76. The highest BCUT2D eigenvalue weighted by Crippen LogP contribution is 2.17. The number of nitrogens with one attached hydrogen (secondary N) is 1. The summed E-state index contributed by atoms with van der Waals surface area (Å²) in [7, 11) is 3.07. The topological polar surface area (TPSA) is 99.1 Å². The Morgan fingerprint density at radius 2 is 1.77 bits per heavy atom. The van der Waals surface area contributed by atoms with Crippen molar-refractivity contribution in [2.45, 2.75) is 13.0 Å². The molecule has 30 heavy (non-hydrogen) atoms. The summed E-state index contributed by atoms with van der Waals surface area (Å²) in [6, 6.07) is 13.6. The molecule has 1 N–H and O–H groups in total. The van der Waals surface area contributed by atoms with E-state index in [9.17, 15) is 9.59 Å². The molecule has 0 saturated carbocycles. The molecule has 0 saturated heterocycles. The maximum atomic E-state index is 12.9. The summed E-state index contributed by atoms with van der Waals surface area (Å²) in [6.07, 6.45) is 5.69. The zero-order valence-corrected chi connectivity index (χ0v) is 16.7. The first-order valence-corrected chi connectivity index (χ1v) is 9.45. The van der Waals surface area contributed by atoms with Crippen LogP contribution in [-0.2, 0) is 27.1 Å². The van der Waals surface area contributed by atoms with Crippen LogP contribution in [0.25, 0.3) is 11.2 Å². The van der Waals surface area contributed by atoms with Crippen LogP contribution >= 0.6 is 0 Å². The van der Waals surface area contributed by atoms with Gasteiger partial charge in [0.05, 0.1) is 6.21 Å². The molecule has 0 aliphatic carbocycles. The maximum Gasteiger partial charge on any atom is 0.332 e. The van der Waals surface area contributed by atoms with Crippen LogP contribution in [0, 0.1) is 0 Å². The fourth-order valence-corrected chi connectivity index (χ4v) is 3.25. The molecule has 0 bridgehead atoms. The molecule has 0 aliphatic rings. The quantitative estimate of drug-likeness (QED) is 0.389. The van der Waals surface area contributed by atoms with Crippen LogP contribution in [0.5, 0.6) is 0 Å². The monoisotopic (exact) mass is 403 g/mol. The second kappa shape index (κ2) is 8.16. The van der Waals surface area contributed by atoms with Crippen molar-refractivity contribution in [3.8, 4) is 0 Å². The van der Waals surface area contributed by atoms with Gasteiger partial charge in [0.2, 0.25) is 5.95 Å². The van der Waals surface area contributed by atoms with Crippen molar-refractivity contribution in [2.75, 3.05) is 5.43 Å². The Labute approximate surface area is 172 Å². The number of aromatic nitrogens is 5. The molecule has 1 aromatic carbocycles. The van der Waals surface area contributed by atoms with Crippen LogP contribution in [0.2, 0.25) is 0 Å². The summed E-state index contributed by atoms with van der Waals surface area (Å²) in [6.45, 7) is 0.501. The first-order chi connectivity index (χ1) is 14.6. The lowest BCUT2D eigenvalue weighted by Crippen LogP contribution is -2.37. The summed E-state index contributed by atoms with van der Waals surface area (Å²) >= 11 is 0. The summed E-state index contributed by atoms with van der Waals surface area (Å²) in [5, 5.41) is 4.24. The molecular weight excluding hydrogens is 382 g/mol. The molecule has 0 radical (unpaired) electrons. The van der Waals surface area contributed by atoms with Crippen LogP contribution < -0.4 is 16.7 Å². The summed E-state index contributed by atoms with van der Waals surface area (Å²) in [5.74, 6) is 0.393. The van der Waals surface area contributed by atoms with E-state index in [0.717, 1.165) is 15.7 Å². The minimum absolute atomic E-state index is 0.317. The van der Waals surface area contributed by atoms with Gasteiger partial charge >= 0.3 is 5.69 Å². The lowest BCUT2D eigenvalue weighted by atomic mass is 10.1. The first kappa shape index (κ1) is 19.3. The number of imidazole rings is 1. The van der Waals surface area contributed by atoms with E-state index in [2.05, 4.69) is 20.5 Å². The Hall–Kier alpha value is -4.01. The Morgan fingerprint density at radius 1 is 1.03 bits per heavy atom. The zero-order valence-electron chi connectivity index (χ0n) is 16.7. The van der Waals surface area contributed by atoms with Crippen molar-refractivity contribution in [1.82, 2.24) is 23.7 Å². The lowest BCUT2D eigenvalue weighted by molar-refractivity contribution is 0.687. The Morgan fingerprint density at radius 3 is 2.50 bits per heavy atom. The average molecular weight is 403 g/mol. The highest BCUT2D eigenvalue weighted by Gasteiger charge is 2.18. The van der Waals surface area contributed by atoms with Crippen molar-refractivity contribution < 1.29 is 0 Å². The van der Waals surface area contributed by atoms with Crippen molar-refractivity contribution in [2.24, 2.45) is 19.2 Å². The first-order valence-electron chi connectivity index (χ1n) is 9.45. The maximum absolute atomic E-state index is 12.9. The number of pyridine rings is 1. The van der Waals surface area contributed by atoms with Crippen LogP contribution in [0.15, 0.2) is 69.5 Å². The van der Waals surface area contributed by atoms with Gasteiger partial charge in [-0.2, -0.15) is 10.1 Å². The van der Waals surface area contributed by atoms with E-state index < -0.39 is 5.69 Å². The van der Waals surface area contributed by atoms with E-state index >= 15 is 0 Å². The van der Waals surface area contributed by atoms with Crippen LogP contribution in [0.3, 0.4) is 0 Å². The molecule has 3 aromatic heterocycles. The van der Waals surface area contributed by atoms with Gasteiger partial charge in [-0.3, -0.25) is 18.9 Å². The number of aryl methyl sites for hydroxylation is 3. The average Bonchev–Trinajstić information content (AvgIpc) is 3.15. The zero-order chi connectivity index (χ0) is 21.1. The SMILES string of the molecule is Cn1c(=O)c2c(nc(N/N=C\c3ccncc3)n2CCc2ccccc2)n(C)c1=O. The van der Waals surface area contributed by atoms with Gasteiger partial charge in [-0.15, -0.1) is 0 Å². The number of hydrogen-bond donors (Lipinski definition) is 1. The minimum atomic E-state index is -0.424. The number of fused-ring (bicyclic) bond motifs is 1. The molecule has 4 rings (SSSR count). The van der Waals surface area contributed by atoms with E-state index in [-0.39, 0.29) is 5.56 Å². The minimum Gasteiger partial charge on any atom is -0.303 e. The molecule has 0 amide bonds. The van der Waals surface area contributed by atoms with Gasteiger partial charge in [-0.25, -0.2) is 10.2 Å². The predicted molar refractivity (Wildman–Crippen MR) is 116 cm³/mol. The van der Waals surface area contributed by atoms with Crippen molar-refractivity contribution in [1.29, 1.82) is 0 Å². The summed E-state index contributed by atoms with van der Waals surface area (Å²) < 4.78 is 4.23. The van der Waals surface area contributed by atoms with Crippen LogP contribution in [0.4, 0.5) is 5.95 Å². The molecule has 0 atom stereocenters. The molecule has 0 unspecified atom stereocenters. The standard InChI is InChI=1S/C21H21N7O2/c1-26-18-17(19(29)27(2)21(26)30)28(13-10-15-6-4-3-5-7-15)20(24-18)25-23-14-16-8-11-22-12-9-16/h3-9,11-12,14H,10,13H2,1-2H3,(H,24,25)/b23-14-. The number of rotatable bonds is 6. The lowest BCUT2D eigenvalue weighted by Gasteiger charge is -2.09. The summed E-state index contributed by atoms with van der Waals surface area (Å²) in [4.78, 5) is 33.7. The molecular formula is C21H21N7O2. The fourth-order valence-electron chi connectivity index (χ4n) is 3.25. The highest BCUT2D eigenvalue weighted by atomic mass is 16.2. The van der Waals surface area contributed by atoms with Gasteiger partial charge in [0.1, 0.15) is 0 Å². The Kier molecular flexibility index (Phi) is 5.25. The van der Waals surface area contributed by atoms with Gasteiger partial charge in [0, 0.05) is 33.0 Å². The van der Waals surface area contributed by atoms with E-state index in [1.165, 1.54) is 11.6 Å². The van der Waals surface area contributed by atoms with E-state index in [1.807, 2.05) is 42.5 Å². The second-order valence-electron chi connectivity index (χ2n) is 6.85. The third kappa shape index (κ3) is 3.64. The molecule has 9 heteroatoms. The van der Waals surface area contributed by atoms with Gasteiger partial charge in [0.25, 0.3) is 5.56 Å². The second-order valence-corrected chi connectivity index (χ2v) is 6.85. The molecule has 0 fully saturated rings. The molecule has 3 heterocycles. The van der Waals surface area contributed by atoms with Gasteiger partial charge in [0.15, 0.2) is 11.2 Å². The highest BCUT2D eigenvalue weighted by molar-refractivity contribution is 5.80. The Bertz CT molecular complexity index is 1320. The summed E-state index contributed by atoms with van der Waals surface area (Å²) in [5.41, 5.74) is 4.78. The third-order valence-corrected chi connectivity index (χ3v) is 4.90. The number of nitrogens with zero attached hydrogens (tertiary/aromatic N) is 6. The van der Waals surface area contributed by atoms with Gasteiger partial charge < -0.3 is 4.57 Å². The van der Waals surface area contributed by atoms with Crippen LogP contribution in [0.1, 0.15) is 11.1 Å². The largest absolute Gasteiger partial charge is 0.332 e. The van der Waals surface area contributed by atoms with Gasteiger partial charge in [-0.1, -0.05) is 30.3 Å². The third-order valence-electron chi connectivity index (χ3n) is 4.90. The van der Waals surface area contributed by atoms with E-state index in [0.29, 0.717) is 30.1 Å². The van der Waals surface area contributed by atoms with Crippen LogP contribution in [-0.4, -0.2) is 29.9 Å². The number of hydrazone groups is 1. The number of anilines is 1. The van der Waals surface area contributed by atoms with Gasteiger partial charge in [-0.05, 0) is 29.7 Å². The number of benzene rings is 1. The predicted octanol–water partition coefficient (Wildman–Crippen LogP) is 1.52. The van der Waals surface area contributed by atoms with Crippen molar-refractivity contribution in [3.05, 3.63) is 86.8 Å². The number of hydrogen-bond acceptors (Lipinski definition) is 6. The molecule has 4 aromatic rings. The molecule has 0 spiro atoms. The fraction of sp³-hybridized carbons (Fsp3) is 0.190. The van der Waals surface area contributed by atoms with E-state index in [1.54, 1.807) is 30.2 Å². The van der Waals surface area contributed by atoms with Crippen molar-refractivity contribution in [3.63, 3.8) is 0 Å². The molecule has 9 nitrogen and oxygen atoms in total. The molecule has 152 valence electrons. The smallest absolute Gasteiger partial charge is 0.303 e. The molecule has 0 aliphatic heterocycles. The normalized spacial score (nSPS) is 11.4. The van der Waals surface area contributed by atoms with Crippen molar-refractivity contribution >= 4 is 23.3 Å².